The van der Waals surface area contributed by atoms with E-state index in [1.165, 1.54) is 7.11 Å². The van der Waals surface area contributed by atoms with Crippen molar-refractivity contribution in [2.45, 2.75) is 5.79 Å². The van der Waals surface area contributed by atoms with Crippen molar-refractivity contribution in [3.63, 3.8) is 0 Å². The van der Waals surface area contributed by atoms with Crippen LogP contribution in [-0.2, 0) is 9.53 Å². The smallest absolute Gasteiger partial charge is 0.268 e. The molecule has 7 nitrogen and oxygen atoms in total. The molecule has 0 aromatic heterocycles. The van der Waals surface area contributed by atoms with Crippen LogP contribution in [0.5, 0.6) is 0 Å². The summed E-state index contributed by atoms with van der Waals surface area (Å²) in [5, 5.41) is 16.9. The van der Waals surface area contributed by atoms with E-state index in [0.717, 1.165) is 0 Å². The summed E-state index contributed by atoms with van der Waals surface area (Å²) in [4.78, 5) is 11.4. The molecule has 1 unspecified atom stereocenters. The van der Waals surface area contributed by atoms with Gasteiger partial charge in [0.25, 0.3) is 5.91 Å². The summed E-state index contributed by atoms with van der Waals surface area (Å²) in [7, 11) is 1.52. The number of primary amides is 1. The van der Waals surface area contributed by atoms with Crippen molar-refractivity contribution >= 4 is 5.91 Å². The van der Waals surface area contributed by atoms with Crippen LogP contribution in [0.15, 0.2) is 0 Å². The second kappa shape index (κ2) is 9.25. The average molecular weight is 252 g/mol. The van der Waals surface area contributed by atoms with E-state index < -0.39 is 18.4 Å². The van der Waals surface area contributed by atoms with E-state index in [9.17, 15) is 9.18 Å². The maximum absolute atomic E-state index is 12.2. The fraction of sp³-hybridized carbons (Fsp3) is 0.889. The number of hydrogen-bond acceptors (Lipinski definition) is 6. The number of rotatable bonds is 11. The van der Waals surface area contributed by atoms with E-state index in [1.54, 1.807) is 0 Å². The summed E-state index contributed by atoms with van der Waals surface area (Å²) in [6, 6.07) is 0. The van der Waals surface area contributed by atoms with Gasteiger partial charge in [-0.05, 0) is 0 Å². The first-order valence-electron chi connectivity index (χ1n) is 5.33. The number of aliphatic hydroxyl groups is 1. The number of carbonyl (C=O) groups is 1. The van der Waals surface area contributed by atoms with Crippen LogP contribution in [0.4, 0.5) is 4.39 Å². The third-order valence-electron chi connectivity index (χ3n) is 2.05. The fourth-order valence-electron chi connectivity index (χ4n) is 1.27. The van der Waals surface area contributed by atoms with Crippen molar-refractivity contribution in [1.82, 2.24) is 16.0 Å². The SMILES string of the molecule is COCCNC(NCCO)(NCCF)C(N)=O. The number of amides is 1. The zero-order chi connectivity index (χ0) is 13.1. The van der Waals surface area contributed by atoms with E-state index in [4.69, 9.17) is 15.6 Å². The van der Waals surface area contributed by atoms with Crippen LogP contribution >= 0.6 is 0 Å². The molecule has 0 aliphatic carbocycles. The van der Waals surface area contributed by atoms with Crippen LogP contribution in [0.1, 0.15) is 0 Å². The Morgan fingerprint density at radius 2 is 1.94 bits per heavy atom. The molecule has 0 rings (SSSR count). The molecule has 0 aliphatic rings. The Morgan fingerprint density at radius 3 is 2.41 bits per heavy atom. The van der Waals surface area contributed by atoms with Crippen molar-refractivity contribution < 1.29 is 19.0 Å². The summed E-state index contributed by atoms with van der Waals surface area (Å²) in [5.74, 6) is -2.16. The minimum Gasteiger partial charge on any atom is -0.395 e. The van der Waals surface area contributed by atoms with Crippen molar-refractivity contribution in [2.24, 2.45) is 5.73 Å². The van der Waals surface area contributed by atoms with E-state index in [2.05, 4.69) is 16.0 Å². The number of halogens is 1. The molecule has 8 heteroatoms. The first kappa shape index (κ1) is 16.2. The zero-order valence-corrected chi connectivity index (χ0v) is 9.96. The monoisotopic (exact) mass is 252 g/mol. The molecule has 0 fully saturated rings. The average Bonchev–Trinajstić information content (AvgIpc) is 2.32. The van der Waals surface area contributed by atoms with Crippen molar-refractivity contribution in [2.75, 3.05) is 46.6 Å². The van der Waals surface area contributed by atoms with Crippen LogP contribution in [-0.4, -0.2) is 63.4 Å². The number of methoxy groups -OCH3 is 1. The molecule has 0 aromatic rings. The number of aliphatic hydroxyl groups excluding tert-OH is 1. The van der Waals surface area contributed by atoms with Gasteiger partial charge in [0.05, 0.1) is 13.2 Å². The van der Waals surface area contributed by atoms with E-state index in [1.807, 2.05) is 0 Å². The van der Waals surface area contributed by atoms with Crippen LogP contribution < -0.4 is 21.7 Å². The second-order valence-corrected chi connectivity index (χ2v) is 3.30. The predicted octanol–water partition coefficient (Wildman–Crippen LogP) is -2.50. The summed E-state index contributed by atoms with van der Waals surface area (Å²) >= 11 is 0. The maximum Gasteiger partial charge on any atom is 0.268 e. The molecular weight excluding hydrogens is 231 g/mol. The van der Waals surface area contributed by atoms with Crippen molar-refractivity contribution in [1.29, 1.82) is 0 Å². The Hall–Kier alpha value is -0.800. The Morgan fingerprint density at radius 1 is 1.35 bits per heavy atom. The summed E-state index contributed by atoms with van der Waals surface area (Å²) < 4.78 is 17.0. The minimum absolute atomic E-state index is 0.0403. The first-order valence-corrected chi connectivity index (χ1v) is 5.33. The standard InChI is InChI=1S/C9H21FN4O3/c1-17-7-5-14-9(8(11)16,12-3-2-10)13-4-6-15/h12-15H,2-7H2,1H3,(H2,11,16). The van der Waals surface area contributed by atoms with Gasteiger partial charge >= 0.3 is 0 Å². The quantitative estimate of drug-likeness (QED) is 0.205. The van der Waals surface area contributed by atoms with Gasteiger partial charge in [-0.15, -0.1) is 0 Å². The molecular formula is C9H21FN4O3. The molecule has 102 valence electrons. The molecule has 6 N–H and O–H groups in total. The first-order chi connectivity index (χ1) is 8.13. The third-order valence-corrected chi connectivity index (χ3v) is 2.05. The van der Waals surface area contributed by atoms with Crippen LogP contribution in [0.2, 0.25) is 0 Å². The van der Waals surface area contributed by atoms with E-state index in [-0.39, 0.29) is 19.7 Å². The highest BCUT2D eigenvalue weighted by atomic mass is 19.1. The number of alkyl halides is 1. The highest BCUT2D eigenvalue weighted by Gasteiger charge is 2.34. The van der Waals surface area contributed by atoms with E-state index in [0.29, 0.717) is 13.2 Å². The third kappa shape index (κ3) is 5.89. The topological polar surface area (TPSA) is 109 Å². The number of carbonyl (C=O) groups excluding carboxylic acids is 1. The molecule has 0 aromatic carbocycles. The zero-order valence-electron chi connectivity index (χ0n) is 9.96. The normalized spacial score (nSPS) is 14.5. The van der Waals surface area contributed by atoms with Gasteiger partial charge in [0, 0.05) is 26.7 Å². The molecule has 0 saturated heterocycles. The Bertz CT molecular complexity index is 210. The lowest BCUT2D eigenvalue weighted by molar-refractivity contribution is -0.127. The molecule has 0 radical (unpaired) electrons. The number of nitrogens with one attached hydrogen (secondary N) is 3. The molecule has 1 atom stereocenters. The van der Waals surface area contributed by atoms with Crippen molar-refractivity contribution in [3.8, 4) is 0 Å². The Labute approximate surface area is 99.9 Å². The maximum atomic E-state index is 12.2. The molecule has 0 bridgehead atoms. The summed E-state index contributed by atoms with van der Waals surface area (Å²) in [6.07, 6.45) is 0. The van der Waals surface area contributed by atoms with Crippen LogP contribution in [0, 0.1) is 0 Å². The van der Waals surface area contributed by atoms with Gasteiger partial charge in [0.2, 0.25) is 5.79 Å². The van der Waals surface area contributed by atoms with Crippen LogP contribution in [0.3, 0.4) is 0 Å². The molecule has 0 spiro atoms. The number of nitrogens with two attached hydrogens (primary N) is 1. The van der Waals surface area contributed by atoms with Gasteiger partial charge in [-0.2, -0.15) is 0 Å². The van der Waals surface area contributed by atoms with Gasteiger partial charge < -0.3 is 15.6 Å². The number of ether oxygens (including phenoxy) is 1. The van der Waals surface area contributed by atoms with Gasteiger partial charge in [-0.25, -0.2) is 4.39 Å². The summed E-state index contributed by atoms with van der Waals surface area (Å²) in [5.41, 5.74) is 5.26. The van der Waals surface area contributed by atoms with Gasteiger partial charge in [0.15, 0.2) is 0 Å². The van der Waals surface area contributed by atoms with Crippen molar-refractivity contribution in [3.05, 3.63) is 0 Å². The molecule has 0 saturated carbocycles. The lowest BCUT2D eigenvalue weighted by Gasteiger charge is -2.33. The molecule has 1 amide bonds. The summed E-state index contributed by atoms with van der Waals surface area (Å²) in [6.45, 7) is 0.00788. The van der Waals surface area contributed by atoms with Crippen LogP contribution in [0.25, 0.3) is 0 Å². The van der Waals surface area contributed by atoms with Gasteiger partial charge in [0.1, 0.15) is 6.67 Å². The Kier molecular flexibility index (Phi) is 8.82. The van der Waals surface area contributed by atoms with E-state index >= 15 is 0 Å². The van der Waals surface area contributed by atoms with Gasteiger partial charge in [-0.1, -0.05) is 0 Å². The fourth-order valence-corrected chi connectivity index (χ4v) is 1.27. The van der Waals surface area contributed by atoms with Gasteiger partial charge in [-0.3, -0.25) is 20.7 Å². The largest absolute Gasteiger partial charge is 0.395 e. The highest BCUT2D eigenvalue weighted by Crippen LogP contribution is 1.94. The highest BCUT2D eigenvalue weighted by molar-refractivity contribution is 5.83. The number of hydrogen-bond donors (Lipinski definition) is 5. The second-order valence-electron chi connectivity index (χ2n) is 3.30. The lowest BCUT2D eigenvalue weighted by Crippen LogP contribution is -2.74. The lowest BCUT2D eigenvalue weighted by atomic mass is 10.3. The minimum atomic E-state index is -1.44. The Balaban J connectivity index is 4.50. The molecule has 17 heavy (non-hydrogen) atoms. The molecule has 0 aliphatic heterocycles. The predicted molar refractivity (Wildman–Crippen MR) is 60.9 cm³/mol. The molecule has 0 heterocycles.